The molecule has 0 spiro atoms. The molecule has 3 N–H and O–H groups in total. The van der Waals surface area contributed by atoms with Gasteiger partial charge in [0.25, 0.3) is 0 Å². The van der Waals surface area contributed by atoms with E-state index < -0.39 is 10.0 Å². The van der Waals surface area contributed by atoms with E-state index in [4.69, 9.17) is 4.74 Å². The first-order valence-corrected chi connectivity index (χ1v) is 10.8. The molecule has 0 saturated carbocycles. The number of aliphatic imine (C=N–C) groups is 1. The quantitative estimate of drug-likeness (QED) is 0.292. The van der Waals surface area contributed by atoms with Crippen molar-refractivity contribution in [3.8, 4) is 0 Å². The summed E-state index contributed by atoms with van der Waals surface area (Å²) in [5, 5.41) is 6.21. The van der Waals surface area contributed by atoms with Gasteiger partial charge in [-0.25, -0.2) is 13.1 Å². The molecule has 7 nitrogen and oxygen atoms in total. The molecule has 0 amide bonds. The molecule has 1 aliphatic heterocycles. The fourth-order valence-electron chi connectivity index (χ4n) is 2.46. The molecule has 0 aromatic heterocycles. The highest BCUT2D eigenvalue weighted by Gasteiger charge is 2.17. The Balaban J connectivity index is 2.27. The Bertz CT molecular complexity index is 448. The second-order valence-electron chi connectivity index (χ2n) is 6.05. The highest BCUT2D eigenvalue weighted by Crippen LogP contribution is 2.11. The summed E-state index contributed by atoms with van der Waals surface area (Å²) in [7, 11) is -3.30. The summed E-state index contributed by atoms with van der Waals surface area (Å²) in [6, 6.07) is 0. The number of rotatable bonds is 11. The Morgan fingerprint density at radius 1 is 1.21 bits per heavy atom. The molecule has 1 fully saturated rings. The summed E-state index contributed by atoms with van der Waals surface area (Å²) in [5.41, 5.74) is 0. The minimum atomic E-state index is -3.30. The molecular formula is C16H34N4O3S. The highest BCUT2D eigenvalue weighted by atomic mass is 32.2. The summed E-state index contributed by atoms with van der Waals surface area (Å²) in [5.74, 6) is 0.707. The van der Waals surface area contributed by atoms with Crippen LogP contribution in [0.4, 0.5) is 0 Å². The van der Waals surface area contributed by atoms with Gasteiger partial charge in [0.1, 0.15) is 0 Å². The minimum Gasteiger partial charge on any atom is -0.377 e. The maximum Gasteiger partial charge on any atom is 0.213 e. The highest BCUT2D eigenvalue weighted by molar-refractivity contribution is 7.89. The van der Waals surface area contributed by atoms with E-state index in [2.05, 4.69) is 27.3 Å². The van der Waals surface area contributed by atoms with Gasteiger partial charge >= 0.3 is 0 Å². The maximum absolute atomic E-state index is 12.0. The molecule has 1 rings (SSSR count). The van der Waals surface area contributed by atoms with Crippen LogP contribution in [0.3, 0.4) is 0 Å². The summed E-state index contributed by atoms with van der Waals surface area (Å²) < 4.78 is 32.3. The van der Waals surface area contributed by atoms with Crippen molar-refractivity contribution in [2.45, 2.75) is 58.5 Å². The van der Waals surface area contributed by atoms with Gasteiger partial charge in [-0.15, -0.1) is 0 Å². The SMILES string of the molecule is CCCCCN=C(NCC)NCCS(=O)(=O)NCC1CCCCO1. The standard InChI is InChI=1S/C16H34N4O3S/c1-3-5-7-10-18-16(17-4-2)19-11-13-24(21,22)20-14-15-9-6-8-12-23-15/h15,20H,3-14H2,1-2H3,(H2,17,18,19). The van der Waals surface area contributed by atoms with Crippen LogP contribution in [-0.2, 0) is 14.8 Å². The molecule has 0 radical (unpaired) electrons. The number of nitrogens with zero attached hydrogens (tertiary/aromatic N) is 1. The number of nitrogens with one attached hydrogen (secondary N) is 3. The zero-order valence-corrected chi connectivity index (χ0v) is 16.0. The number of hydrogen-bond donors (Lipinski definition) is 3. The molecule has 24 heavy (non-hydrogen) atoms. The predicted molar refractivity (Wildman–Crippen MR) is 98.9 cm³/mol. The number of unbranched alkanes of at least 4 members (excludes halogenated alkanes) is 2. The Morgan fingerprint density at radius 3 is 2.71 bits per heavy atom. The van der Waals surface area contributed by atoms with E-state index in [9.17, 15) is 8.42 Å². The summed E-state index contributed by atoms with van der Waals surface area (Å²) >= 11 is 0. The topological polar surface area (TPSA) is 91.8 Å². The van der Waals surface area contributed by atoms with Crippen LogP contribution in [0.2, 0.25) is 0 Å². The molecule has 1 heterocycles. The van der Waals surface area contributed by atoms with Crippen LogP contribution in [0.1, 0.15) is 52.4 Å². The van der Waals surface area contributed by atoms with Gasteiger partial charge in [0.15, 0.2) is 5.96 Å². The number of guanidine groups is 1. The van der Waals surface area contributed by atoms with Crippen molar-refractivity contribution in [3.05, 3.63) is 0 Å². The average Bonchev–Trinajstić information content (AvgIpc) is 2.58. The number of hydrogen-bond acceptors (Lipinski definition) is 4. The van der Waals surface area contributed by atoms with Crippen LogP contribution >= 0.6 is 0 Å². The monoisotopic (exact) mass is 362 g/mol. The third kappa shape index (κ3) is 10.1. The first kappa shape index (κ1) is 21.2. The van der Waals surface area contributed by atoms with E-state index in [1.165, 1.54) is 0 Å². The lowest BCUT2D eigenvalue weighted by atomic mass is 10.1. The fraction of sp³-hybridized carbons (Fsp3) is 0.938. The van der Waals surface area contributed by atoms with E-state index in [1.54, 1.807) is 0 Å². The van der Waals surface area contributed by atoms with E-state index in [0.29, 0.717) is 19.0 Å². The van der Waals surface area contributed by atoms with Crippen molar-refractivity contribution in [1.29, 1.82) is 0 Å². The Kier molecular flexibility index (Phi) is 11.0. The molecule has 8 heteroatoms. The molecule has 1 unspecified atom stereocenters. The summed E-state index contributed by atoms with van der Waals surface area (Å²) in [4.78, 5) is 4.45. The van der Waals surface area contributed by atoms with Crippen molar-refractivity contribution in [1.82, 2.24) is 15.4 Å². The second kappa shape index (κ2) is 12.5. The first-order valence-electron chi connectivity index (χ1n) is 9.18. The van der Waals surface area contributed by atoms with Gasteiger partial charge in [-0.05, 0) is 32.6 Å². The van der Waals surface area contributed by atoms with Crippen molar-refractivity contribution < 1.29 is 13.2 Å². The van der Waals surface area contributed by atoms with Gasteiger partial charge in [-0.3, -0.25) is 4.99 Å². The molecule has 1 atom stereocenters. The predicted octanol–water partition coefficient (Wildman–Crippen LogP) is 1.22. The molecule has 0 aliphatic carbocycles. The van der Waals surface area contributed by atoms with Gasteiger partial charge in [-0.1, -0.05) is 19.8 Å². The smallest absolute Gasteiger partial charge is 0.213 e. The lowest BCUT2D eigenvalue weighted by Gasteiger charge is -2.22. The van der Waals surface area contributed by atoms with Crippen LogP contribution in [0.15, 0.2) is 4.99 Å². The zero-order valence-electron chi connectivity index (χ0n) is 15.1. The average molecular weight is 363 g/mol. The largest absolute Gasteiger partial charge is 0.377 e. The van der Waals surface area contributed by atoms with Gasteiger partial charge in [0, 0.05) is 32.8 Å². The molecule has 1 aliphatic rings. The second-order valence-corrected chi connectivity index (χ2v) is 7.98. The van der Waals surface area contributed by atoms with Gasteiger partial charge in [0.05, 0.1) is 11.9 Å². The number of ether oxygens (including phenoxy) is 1. The summed E-state index contributed by atoms with van der Waals surface area (Å²) in [6.07, 6.45) is 6.48. The van der Waals surface area contributed by atoms with Crippen molar-refractivity contribution >= 4 is 16.0 Å². The lowest BCUT2D eigenvalue weighted by Crippen LogP contribution is -2.42. The first-order chi connectivity index (χ1) is 11.6. The van der Waals surface area contributed by atoms with Gasteiger partial charge < -0.3 is 15.4 Å². The van der Waals surface area contributed by atoms with E-state index in [1.807, 2.05) is 6.92 Å². The van der Waals surface area contributed by atoms with Crippen LogP contribution in [-0.4, -0.2) is 59.0 Å². The van der Waals surface area contributed by atoms with Crippen molar-refractivity contribution in [2.24, 2.45) is 4.99 Å². The minimum absolute atomic E-state index is 0.0129. The Morgan fingerprint density at radius 2 is 2.04 bits per heavy atom. The van der Waals surface area contributed by atoms with E-state index >= 15 is 0 Å². The Labute approximate surface area is 147 Å². The van der Waals surface area contributed by atoms with Crippen LogP contribution in [0.25, 0.3) is 0 Å². The third-order valence-corrected chi connectivity index (χ3v) is 5.19. The van der Waals surface area contributed by atoms with E-state index in [0.717, 1.165) is 58.2 Å². The van der Waals surface area contributed by atoms with Crippen LogP contribution < -0.4 is 15.4 Å². The maximum atomic E-state index is 12.0. The van der Waals surface area contributed by atoms with Gasteiger partial charge in [0.2, 0.25) is 10.0 Å². The van der Waals surface area contributed by atoms with Crippen LogP contribution in [0, 0.1) is 0 Å². The molecule has 0 aromatic carbocycles. The summed E-state index contributed by atoms with van der Waals surface area (Å²) in [6.45, 7) is 7.09. The normalized spacial score (nSPS) is 19.2. The molecular weight excluding hydrogens is 328 g/mol. The number of sulfonamides is 1. The zero-order chi connectivity index (χ0) is 17.7. The lowest BCUT2D eigenvalue weighted by molar-refractivity contribution is 0.0200. The molecule has 0 aromatic rings. The van der Waals surface area contributed by atoms with Crippen LogP contribution in [0.5, 0.6) is 0 Å². The van der Waals surface area contributed by atoms with Crippen molar-refractivity contribution in [2.75, 3.05) is 38.5 Å². The molecule has 142 valence electrons. The van der Waals surface area contributed by atoms with E-state index in [-0.39, 0.29) is 11.9 Å². The fourth-order valence-corrected chi connectivity index (χ4v) is 3.41. The third-order valence-electron chi connectivity index (χ3n) is 3.84. The van der Waals surface area contributed by atoms with Gasteiger partial charge in [-0.2, -0.15) is 0 Å². The molecule has 0 bridgehead atoms. The van der Waals surface area contributed by atoms with Crippen molar-refractivity contribution in [3.63, 3.8) is 0 Å². The molecule has 1 saturated heterocycles. The Hall–Kier alpha value is -0.860.